The van der Waals surface area contributed by atoms with E-state index in [1.165, 1.54) is 40.3 Å². The maximum absolute atomic E-state index is 9.45. The lowest BCUT2D eigenvalue weighted by Crippen LogP contribution is -1.95. The Kier molecular flexibility index (Phi) is 3.67. The number of fused-ring (bicyclic) bond motifs is 1. The van der Waals surface area contributed by atoms with Gasteiger partial charge in [-0.05, 0) is 48.2 Å². The Hall–Kier alpha value is -1.53. The number of nitriles is 1. The summed E-state index contributed by atoms with van der Waals surface area (Å²) in [6, 6.07) is 10.7. The minimum atomic E-state index is 0.806. The summed E-state index contributed by atoms with van der Waals surface area (Å²) in [6.07, 6.45) is 5.65. The molecule has 0 unspecified atom stereocenters. The molecule has 2 nitrogen and oxygen atoms in total. The highest BCUT2D eigenvalue weighted by molar-refractivity contribution is 9.11. The van der Waals surface area contributed by atoms with Crippen LogP contribution in [0.25, 0.3) is 10.9 Å². The number of benzene rings is 1. The number of hydrogen-bond acceptors (Lipinski definition) is 1. The Labute approximate surface area is 127 Å². The van der Waals surface area contributed by atoms with Crippen molar-refractivity contribution in [2.75, 3.05) is 0 Å². The fourth-order valence-electron chi connectivity index (χ4n) is 3.17. The topological polar surface area (TPSA) is 28.7 Å². The molecule has 1 aliphatic rings. The number of hydrogen-bond donors (Lipinski definition) is 0. The van der Waals surface area contributed by atoms with Crippen LogP contribution in [0.2, 0.25) is 0 Å². The lowest BCUT2D eigenvalue weighted by atomic mass is 10.0. The molecule has 1 heterocycles. The maximum Gasteiger partial charge on any atom is 0.124 e. The molecule has 3 heteroatoms. The predicted molar refractivity (Wildman–Crippen MR) is 85.8 cm³/mol. The Morgan fingerprint density at radius 1 is 1.25 bits per heavy atom. The van der Waals surface area contributed by atoms with E-state index in [9.17, 15) is 5.26 Å². The molecule has 0 fully saturated rings. The van der Waals surface area contributed by atoms with Crippen molar-refractivity contribution in [1.29, 1.82) is 5.26 Å². The molecule has 2 aromatic rings. The number of allylic oxidation sites excluding steroid dienone is 2. The van der Waals surface area contributed by atoms with Gasteiger partial charge in [0.25, 0.3) is 0 Å². The average molecular weight is 329 g/mol. The molecule has 0 radical (unpaired) electrons. The van der Waals surface area contributed by atoms with Crippen LogP contribution in [0.1, 0.15) is 36.9 Å². The van der Waals surface area contributed by atoms with Gasteiger partial charge in [-0.25, -0.2) is 0 Å². The second kappa shape index (κ2) is 5.46. The van der Waals surface area contributed by atoms with Crippen molar-refractivity contribution in [2.24, 2.45) is 7.05 Å². The Bertz CT molecular complexity index is 731. The van der Waals surface area contributed by atoms with E-state index in [1.54, 1.807) is 0 Å². The van der Waals surface area contributed by atoms with Crippen molar-refractivity contribution in [3.63, 3.8) is 0 Å². The Morgan fingerprint density at radius 3 is 2.75 bits per heavy atom. The van der Waals surface area contributed by atoms with Crippen LogP contribution in [0.3, 0.4) is 0 Å². The van der Waals surface area contributed by atoms with Gasteiger partial charge in [0.1, 0.15) is 11.8 Å². The molecule has 3 rings (SSSR count). The van der Waals surface area contributed by atoms with Gasteiger partial charge in [0.2, 0.25) is 0 Å². The van der Waals surface area contributed by atoms with E-state index >= 15 is 0 Å². The monoisotopic (exact) mass is 328 g/mol. The molecule has 1 aromatic carbocycles. The number of halogens is 1. The lowest BCUT2D eigenvalue weighted by Gasteiger charge is -2.04. The zero-order chi connectivity index (χ0) is 14.1. The molecule has 0 aliphatic heterocycles. The van der Waals surface area contributed by atoms with Gasteiger partial charge in [-0.3, -0.25) is 0 Å². The Balaban J connectivity index is 1.99. The maximum atomic E-state index is 9.45. The summed E-state index contributed by atoms with van der Waals surface area (Å²) in [5.41, 5.74) is 4.69. The third kappa shape index (κ3) is 2.19. The normalized spacial score (nSPS) is 15.1. The van der Waals surface area contributed by atoms with Crippen molar-refractivity contribution in [1.82, 2.24) is 4.57 Å². The van der Waals surface area contributed by atoms with Crippen molar-refractivity contribution >= 4 is 26.8 Å². The van der Waals surface area contributed by atoms with E-state index in [1.807, 2.05) is 17.7 Å². The Morgan fingerprint density at radius 2 is 2.05 bits per heavy atom. The third-order valence-electron chi connectivity index (χ3n) is 4.25. The van der Waals surface area contributed by atoms with Crippen molar-refractivity contribution in [2.45, 2.75) is 32.1 Å². The van der Waals surface area contributed by atoms with Gasteiger partial charge >= 0.3 is 0 Å². The number of nitrogens with zero attached hydrogens (tertiary/aromatic N) is 2. The fraction of sp³-hybridized carbons (Fsp3) is 0.353. The minimum Gasteiger partial charge on any atom is -0.335 e. The second-order valence-electron chi connectivity index (χ2n) is 5.38. The number of aromatic nitrogens is 1. The van der Waals surface area contributed by atoms with Crippen LogP contribution < -0.4 is 0 Å². The van der Waals surface area contributed by atoms with Crippen molar-refractivity contribution in [3.8, 4) is 6.07 Å². The largest absolute Gasteiger partial charge is 0.335 e. The lowest BCUT2D eigenvalue weighted by molar-refractivity contribution is 0.839. The minimum absolute atomic E-state index is 0.806. The summed E-state index contributed by atoms with van der Waals surface area (Å²) in [4.78, 5) is 0. The molecule has 0 N–H and O–H groups in total. The summed E-state index contributed by atoms with van der Waals surface area (Å²) < 4.78 is 3.40. The van der Waals surface area contributed by atoms with Gasteiger partial charge in [-0.15, -0.1) is 0 Å². The van der Waals surface area contributed by atoms with Gasteiger partial charge in [0, 0.05) is 18.0 Å². The van der Waals surface area contributed by atoms with Crippen LogP contribution in [0.4, 0.5) is 0 Å². The van der Waals surface area contributed by atoms with Gasteiger partial charge in [-0.1, -0.05) is 39.7 Å². The number of rotatable bonds is 3. The van der Waals surface area contributed by atoms with Gasteiger partial charge in [0.15, 0.2) is 0 Å². The highest BCUT2D eigenvalue weighted by Crippen LogP contribution is 2.34. The van der Waals surface area contributed by atoms with Crippen LogP contribution in [0, 0.1) is 11.3 Å². The standard InChI is InChI=1S/C17H17BrN2/c1-20-16-8-3-2-6-13(16)14(17(20)11-19)10-9-12-5-4-7-15(12)18/h2-3,6,8H,4-5,7,9-10H2,1H3. The predicted octanol–water partition coefficient (Wildman–Crippen LogP) is 4.82. The van der Waals surface area contributed by atoms with E-state index < -0.39 is 0 Å². The smallest absolute Gasteiger partial charge is 0.124 e. The average Bonchev–Trinajstić information content (AvgIpc) is 2.99. The van der Waals surface area contributed by atoms with E-state index in [2.05, 4.69) is 40.2 Å². The molecule has 1 aliphatic carbocycles. The molecule has 0 saturated carbocycles. The number of para-hydroxylation sites is 1. The molecule has 0 saturated heterocycles. The van der Waals surface area contributed by atoms with Crippen LogP contribution in [0.5, 0.6) is 0 Å². The van der Waals surface area contributed by atoms with Crippen molar-refractivity contribution in [3.05, 3.63) is 45.6 Å². The highest BCUT2D eigenvalue weighted by atomic mass is 79.9. The van der Waals surface area contributed by atoms with E-state index in [0.29, 0.717) is 0 Å². The van der Waals surface area contributed by atoms with Crippen LogP contribution in [0.15, 0.2) is 34.3 Å². The molecule has 0 bridgehead atoms. The molecular weight excluding hydrogens is 312 g/mol. The molecule has 102 valence electrons. The summed E-state index contributed by atoms with van der Waals surface area (Å²) in [5.74, 6) is 0. The first-order valence-electron chi connectivity index (χ1n) is 7.05. The molecule has 20 heavy (non-hydrogen) atoms. The van der Waals surface area contributed by atoms with Crippen LogP contribution in [-0.4, -0.2) is 4.57 Å². The molecule has 0 atom stereocenters. The molecule has 0 spiro atoms. The van der Waals surface area contributed by atoms with Crippen molar-refractivity contribution < 1.29 is 0 Å². The second-order valence-corrected chi connectivity index (χ2v) is 6.33. The summed E-state index contributed by atoms with van der Waals surface area (Å²) in [5, 5.41) is 10.7. The van der Waals surface area contributed by atoms with E-state index in [4.69, 9.17) is 0 Å². The van der Waals surface area contributed by atoms with Crippen LogP contribution >= 0.6 is 15.9 Å². The summed E-state index contributed by atoms with van der Waals surface area (Å²) in [6.45, 7) is 0. The fourth-order valence-corrected chi connectivity index (χ4v) is 3.85. The SMILES string of the molecule is Cn1c(C#N)c(CCC2=C(Br)CCC2)c2ccccc21. The van der Waals surface area contributed by atoms with Gasteiger partial charge in [-0.2, -0.15) is 5.26 Å². The highest BCUT2D eigenvalue weighted by Gasteiger charge is 2.17. The number of aryl methyl sites for hydroxylation is 2. The first-order chi connectivity index (χ1) is 9.72. The van der Waals surface area contributed by atoms with Crippen LogP contribution in [-0.2, 0) is 13.5 Å². The first kappa shape index (κ1) is 13.5. The van der Waals surface area contributed by atoms with E-state index in [0.717, 1.165) is 24.1 Å². The zero-order valence-corrected chi connectivity index (χ0v) is 13.2. The van der Waals surface area contributed by atoms with Gasteiger partial charge < -0.3 is 4.57 Å². The van der Waals surface area contributed by atoms with E-state index in [-0.39, 0.29) is 0 Å². The quantitative estimate of drug-likeness (QED) is 0.794. The summed E-state index contributed by atoms with van der Waals surface area (Å²) >= 11 is 3.68. The van der Waals surface area contributed by atoms with Gasteiger partial charge in [0.05, 0.1) is 0 Å². The molecular formula is C17H17BrN2. The molecule has 0 amide bonds. The zero-order valence-electron chi connectivity index (χ0n) is 11.6. The molecule has 1 aromatic heterocycles. The third-order valence-corrected chi connectivity index (χ3v) is 5.21. The first-order valence-corrected chi connectivity index (χ1v) is 7.84. The summed E-state index contributed by atoms with van der Waals surface area (Å²) in [7, 11) is 1.98.